The molecule has 1 fully saturated rings. The van der Waals surface area contributed by atoms with Crippen molar-refractivity contribution in [3.63, 3.8) is 0 Å². The van der Waals surface area contributed by atoms with Crippen molar-refractivity contribution in [3.05, 3.63) is 0 Å². The first kappa shape index (κ1) is 19.9. The second-order valence-corrected chi connectivity index (χ2v) is 5.05. The first-order valence-corrected chi connectivity index (χ1v) is 6.95. The summed E-state index contributed by atoms with van der Waals surface area (Å²) in [5, 5.41) is 3.12. The maximum absolute atomic E-state index is 5.87. The third-order valence-electron chi connectivity index (χ3n) is 3.37. The predicted molar refractivity (Wildman–Crippen MR) is 92.8 cm³/mol. The summed E-state index contributed by atoms with van der Waals surface area (Å²) in [5.41, 5.74) is 5.87. The van der Waals surface area contributed by atoms with E-state index in [0.29, 0.717) is 18.6 Å². The van der Waals surface area contributed by atoms with E-state index in [1.54, 1.807) is 14.2 Å². The predicted octanol–water partition coefficient (Wildman–Crippen LogP) is 0.654. The van der Waals surface area contributed by atoms with E-state index in [1.165, 1.54) is 12.8 Å². The fourth-order valence-electron chi connectivity index (χ4n) is 2.40. The molecule has 20 heavy (non-hydrogen) atoms. The van der Waals surface area contributed by atoms with E-state index in [-0.39, 0.29) is 30.0 Å². The van der Waals surface area contributed by atoms with Gasteiger partial charge < -0.3 is 20.5 Å². The van der Waals surface area contributed by atoms with Crippen molar-refractivity contribution in [3.8, 4) is 0 Å². The molecule has 0 aliphatic carbocycles. The minimum absolute atomic E-state index is 0. The number of nitrogens with two attached hydrogens (primary N) is 1. The van der Waals surface area contributed by atoms with Crippen molar-refractivity contribution in [2.24, 2.45) is 10.7 Å². The van der Waals surface area contributed by atoms with Gasteiger partial charge in [-0.15, -0.1) is 24.0 Å². The Balaban J connectivity index is 0.00000361. The summed E-state index contributed by atoms with van der Waals surface area (Å²) < 4.78 is 10.2. The lowest BCUT2D eigenvalue weighted by atomic mass is 10.2. The van der Waals surface area contributed by atoms with Crippen LogP contribution in [0, 0.1) is 0 Å². The SMILES string of the molecule is COCCN1CCCC1CN=C(N)NC(C)COC.I. The van der Waals surface area contributed by atoms with Crippen LogP contribution in [0.1, 0.15) is 19.8 Å². The third-order valence-corrected chi connectivity index (χ3v) is 3.37. The number of nitrogens with one attached hydrogen (secondary N) is 1. The van der Waals surface area contributed by atoms with Crippen LogP contribution in [-0.2, 0) is 9.47 Å². The van der Waals surface area contributed by atoms with E-state index in [0.717, 1.165) is 26.2 Å². The largest absolute Gasteiger partial charge is 0.383 e. The van der Waals surface area contributed by atoms with Gasteiger partial charge in [0.15, 0.2) is 5.96 Å². The number of methoxy groups -OCH3 is 2. The summed E-state index contributed by atoms with van der Waals surface area (Å²) in [4.78, 5) is 6.86. The van der Waals surface area contributed by atoms with Crippen LogP contribution in [0.5, 0.6) is 0 Å². The average molecular weight is 400 g/mol. The smallest absolute Gasteiger partial charge is 0.188 e. The molecule has 0 saturated carbocycles. The molecule has 6 nitrogen and oxygen atoms in total. The molecule has 0 radical (unpaired) electrons. The fraction of sp³-hybridized carbons (Fsp3) is 0.923. The molecule has 120 valence electrons. The number of nitrogens with zero attached hydrogens (tertiary/aromatic N) is 2. The lowest BCUT2D eigenvalue weighted by Crippen LogP contribution is -2.42. The minimum atomic E-state index is 0. The van der Waals surface area contributed by atoms with Gasteiger partial charge in [0.05, 0.1) is 19.8 Å². The number of guanidine groups is 1. The number of ether oxygens (including phenoxy) is 2. The van der Waals surface area contributed by atoms with Gasteiger partial charge in [0, 0.05) is 32.8 Å². The van der Waals surface area contributed by atoms with Crippen molar-refractivity contribution in [2.45, 2.75) is 31.8 Å². The molecular formula is C13H29IN4O2. The molecule has 1 aliphatic rings. The van der Waals surface area contributed by atoms with E-state index < -0.39 is 0 Å². The van der Waals surface area contributed by atoms with E-state index in [1.807, 2.05) is 6.92 Å². The van der Waals surface area contributed by atoms with Gasteiger partial charge in [0.2, 0.25) is 0 Å². The molecule has 1 aliphatic heterocycles. The highest BCUT2D eigenvalue weighted by molar-refractivity contribution is 14.0. The Bertz CT molecular complexity index is 279. The molecular weight excluding hydrogens is 371 g/mol. The number of halogens is 1. The van der Waals surface area contributed by atoms with Crippen LogP contribution >= 0.6 is 24.0 Å². The molecule has 2 atom stereocenters. The molecule has 7 heteroatoms. The number of hydrogen-bond donors (Lipinski definition) is 2. The minimum Gasteiger partial charge on any atom is -0.383 e. The van der Waals surface area contributed by atoms with Crippen molar-refractivity contribution in [2.75, 3.05) is 47.1 Å². The van der Waals surface area contributed by atoms with Gasteiger partial charge in [-0.25, -0.2) is 0 Å². The highest BCUT2D eigenvalue weighted by atomic mass is 127. The standard InChI is InChI=1S/C13H28N4O2.HI/c1-11(10-19-3)16-13(14)15-9-12-5-4-6-17(12)7-8-18-2;/h11-12H,4-10H2,1-3H3,(H3,14,15,16);1H. The fourth-order valence-corrected chi connectivity index (χ4v) is 2.40. The van der Waals surface area contributed by atoms with Gasteiger partial charge in [-0.1, -0.05) is 0 Å². The Morgan fingerprint density at radius 1 is 1.45 bits per heavy atom. The molecule has 0 aromatic rings. The molecule has 1 rings (SSSR count). The number of hydrogen-bond acceptors (Lipinski definition) is 4. The van der Waals surface area contributed by atoms with Gasteiger partial charge in [-0.05, 0) is 26.3 Å². The molecule has 1 saturated heterocycles. The van der Waals surface area contributed by atoms with Crippen LogP contribution in [0.25, 0.3) is 0 Å². The molecule has 2 unspecified atom stereocenters. The molecule has 0 aromatic heterocycles. The van der Waals surface area contributed by atoms with E-state index >= 15 is 0 Å². The summed E-state index contributed by atoms with van der Waals surface area (Å²) in [5.74, 6) is 0.503. The highest BCUT2D eigenvalue weighted by Gasteiger charge is 2.23. The highest BCUT2D eigenvalue weighted by Crippen LogP contribution is 2.16. The molecule has 1 heterocycles. The Hall–Kier alpha value is -0.120. The molecule has 0 spiro atoms. The first-order valence-electron chi connectivity index (χ1n) is 6.95. The van der Waals surface area contributed by atoms with Crippen LogP contribution < -0.4 is 11.1 Å². The molecule has 0 amide bonds. The second-order valence-electron chi connectivity index (χ2n) is 5.05. The quantitative estimate of drug-likeness (QED) is 0.356. The average Bonchev–Trinajstić information content (AvgIpc) is 2.81. The van der Waals surface area contributed by atoms with E-state index in [9.17, 15) is 0 Å². The van der Waals surface area contributed by atoms with Gasteiger partial charge in [-0.2, -0.15) is 0 Å². The lowest BCUT2D eigenvalue weighted by Gasteiger charge is -2.23. The Morgan fingerprint density at radius 3 is 2.85 bits per heavy atom. The van der Waals surface area contributed by atoms with Crippen LogP contribution in [0.15, 0.2) is 4.99 Å². The topological polar surface area (TPSA) is 72.1 Å². The van der Waals surface area contributed by atoms with Gasteiger partial charge in [-0.3, -0.25) is 9.89 Å². The molecule has 3 N–H and O–H groups in total. The van der Waals surface area contributed by atoms with Crippen molar-refractivity contribution < 1.29 is 9.47 Å². The summed E-state index contributed by atoms with van der Waals surface area (Å²) >= 11 is 0. The molecule has 0 bridgehead atoms. The summed E-state index contributed by atoms with van der Waals surface area (Å²) in [6.07, 6.45) is 2.42. The monoisotopic (exact) mass is 400 g/mol. The Kier molecular flexibility index (Phi) is 11.5. The van der Waals surface area contributed by atoms with E-state index in [2.05, 4.69) is 15.2 Å². The normalized spacial score (nSPS) is 21.6. The van der Waals surface area contributed by atoms with Crippen LogP contribution in [0.2, 0.25) is 0 Å². The lowest BCUT2D eigenvalue weighted by molar-refractivity contribution is 0.142. The zero-order chi connectivity index (χ0) is 14.1. The van der Waals surface area contributed by atoms with Gasteiger partial charge >= 0.3 is 0 Å². The van der Waals surface area contributed by atoms with Crippen molar-refractivity contribution in [1.82, 2.24) is 10.2 Å². The summed E-state index contributed by atoms with van der Waals surface area (Å²) in [6.45, 7) is 6.29. The Morgan fingerprint density at radius 2 is 2.20 bits per heavy atom. The second kappa shape index (κ2) is 11.5. The number of aliphatic imine (C=N–C) groups is 1. The van der Waals surface area contributed by atoms with Gasteiger partial charge in [0.1, 0.15) is 0 Å². The van der Waals surface area contributed by atoms with E-state index in [4.69, 9.17) is 15.2 Å². The number of likely N-dealkylation sites (tertiary alicyclic amines) is 1. The van der Waals surface area contributed by atoms with Crippen LogP contribution in [-0.4, -0.2) is 70.0 Å². The van der Waals surface area contributed by atoms with Crippen molar-refractivity contribution in [1.29, 1.82) is 0 Å². The maximum Gasteiger partial charge on any atom is 0.188 e. The van der Waals surface area contributed by atoms with Crippen molar-refractivity contribution >= 4 is 29.9 Å². The van der Waals surface area contributed by atoms with Crippen LogP contribution in [0.3, 0.4) is 0 Å². The maximum atomic E-state index is 5.87. The Labute approximate surface area is 139 Å². The number of rotatable bonds is 8. The third kappa shape index (κ3) is 7.61. The zero-order valence-corrected chi connectivity index (χ0v) is 15.1. The molecule has 0 aromatic carbocycles. The summed E-state index contributed by atoms with van der Waals surface area (Å²) in [7, 11) is 3.42. The summed E-state index contributed by atoms with van der Waals surface area (Å²) in [6, 6.07) is 0.676. The first-order chi connectivity index (χ1) is 9.17. The van der Waals surface area contributed by atoms with Gasteiger partial charge in [0.25, 0.3) is 0 Å². The van der Waals surface area contributed by atoms with Crippen LogP contribution in [0.4, 0.5) is 0 Å². The zero-order valence-electron chi connectivity index (χ0n) is 12.8.